The number of rotatable bonds is 3. The predicted molar refractivity (Wildman–Crippen MR) is 83.6 cm³/mol. The SMILES string of the molecule is COc1ccc(-c2nc(C(C)C)c(I)c(=O)[nH]2)cc1F. The quantitative estimate of drug-likeness (QED) is 0.821. The summed E-state index contributed by atoms with van der Waals surface area (Å²) in [6.45, 7) is 3.92. The lowest BCUT2D eigenvalue weighted by Crippen LogP contribution is -2.17. The molecule has 0 spiro atoms. The lowest BCUT2D eigenvalue weighted by molar-refractivity contribution is 0.386. The van der Waals surface area contributed by atoms with E-state index in [-0.39, 0.29) is 17.2 Å². The van der Waals surface area contributed by atoms with Crippen LogP contribution in [0, 0.1) is 9.39 Å². The van der Waals surface area contributed by atoms with Gasteiger partial charge in [-0.05, 0) is 46.7 Å². The van der Waals surface area contributed by atoms with Gasteiger partial charge in [0.25, 0.3) is 5.56 Å². The highest BCUT2D eigenvalue weighted by Crippen LogP contribution is 2.24. The standard InChI is InChI=1S/C14H14FIN2O2/c1-7(2)12-11(16)14(19)18-13(17-12)8-4-5-10(20-3)9(15)6-8/h4-7H,1-3H3,(H,17,18,19). The molecule has 0 aliphatic heterocycles. The number of halogens is 2. The summed E-state index contributed by atoms with van der Waals surface area (Å²) in [7, 11) is 1.40. The zero-order chi connectivity index (χ0) is 14.9. The highest BCUT2D eigenvalue weighted by molar-refractivity contribution is 14.1. The maximum absolute atomic E-state index is 13.7. The van der Waals surface area contributed by atoms with Crippen molar-refractivity contribution in [2.75, 3.05) is 7.11 Å². The summed E-state index contributed by atoms with van der Waals surface area (Å²) in [6, 6.07) is 4.48. The number of hydrogen-bond acceptors (Lipinski definition) is 3. The number of ether oxygens (including phenoxy) is 1. The third kappa shape index (κ3) is 2.84. The molecule has 4 nitrogen and oxygen atoms in total. The molecular weight excluding hydrogens is 374 g/mol. The molecule has 1 aromatic heterocycles. The number of aromatic nitrogens is 2. The molecule has 1 aromatic carbocycles. The van der Waals surface area contributed by atoms with Crippen LogP contribution in [0.5, 0.6) is 5.75 Å². The number of methoxy groups -OCH3 is 1. The van der Waals surface area contributed by atoms with E-state index in [1.807, 2.05) is 36.4 Å². The summed E-state index contributed by atoms with van der Waals surface area (Å²) in [6.07, 6.45) is 0. The number of nitrogens with zero attached hydrogens (tertiary/aromatic N) is 1. The fourth-order valence-corrected chi connectivity index (χ4v) is 2.69. The second-order valence-electron chi connectivity index (χ2n) is 4.62. The Hall–Kier alpha value is -1.44. The molecule has 0 bridgehead atoms. The number of hydrogen-bond donors (Lipinski definition) is 1. The summed E-state index contributed by atoms with van der Waals surface area (Å²) in [5.41, 5.74) is 1.01. The fourth-order valence-electron chi connectivity index (χ4n) is 1.81. The molecule has 0 saturated carbocycles. The largest absolute Gasteiger partial charge is 0.494 e. The Morgan fingerprint density at radius 1 is 1.40 bits per heavy atom. The van der Waals surface area contributed by atoms with Crippen molar-refractivity contribution >= 4 is 22.6 Å². The van der Waals surface area contributed by atoms with E-state index in [1.165, 1.54) is 19.2 Å². The summed E-state index contributed by atoms with van der Waals surface area (Å²) >= 11 is 1.97. The van der Waals surface area contributed by atoms with Gasteiger partial charge in [-0.2, -0.15) is 0 Å². The van der Waals surface area contributed by atoms with Gasteiger partial charge >= 0.3 is 0 Å². The molecule has 0 radical (unpaired) electrons. The Kier molecular flexibility index (Phi) is 4.42. The van der Waals surface area contributed by atoms with E-state index in [9.17, 15) is 9.18 Å². The molecule has 2 aromatic rings. The molecule has 6 heteroatoms. The highest BCUT2D eigenvalue weighted by atomic mass is 127. The van der Waals surface area contributed by atoms with Crippen molar-refractivity contribution in [2.45, 2.75) is 19.8 Å². The van der Waals surface area contributed by atoms with Gasteiger partial charge in [0, 0.05) is 5.56 Å². The normalized spacial score (nSPS) is 10.9. The van der Waals surface area contributed by atoms with Crippen LogP contribution in [-0.4, -0.2) is 17.1 Å². The van der Waals surface area contributed by atoms with Crippen LogP contribution in [-0.2, 0) is 0 Å². The van der Waals surface area contributed by atoms with Gasteiger partial charge in [-0.3, -0.25) is 4.79 Å². The van der Waals surface area contributed by atoms with Crippen molar-refractivity contribution in [3.05, 3.63) is 43.6 Å². The summed E-state index contributed by atoms with van der Waals surface area (Å²) in [5, 5.41) is 0. The van der Waals surface area contributed by atoms with Crippen LogP contribution in [0.4, 0.5) is 4.39 Å². The van der Waals surface area contributed by atoms with Crippen LogP contribution in [0.15, 0.2) is 23.0 Å². The van der Waals surface area contributed by atoms with Crippen molar-refractivity contribution in [2.24, 2.45) is 0 Å². The van der Waals surface area contributed by atoms with E-state index in [4.69, 9.17) is 4.74 Å². The number of H-pyrrole nitrogens is 1. The van der Waals surface area contributed by atoms with Crippen LogP contribution >= 0.6 is 22.6 Å². The summed E-state index contributed by atoms with van der Waals surface area (Å²) in [5.74, 6) is 0.148. The van der Waals surface area contributed by atoms with E-state index in [2.05, 4.69) is 9.97 Å². The van der Waals surface area contributed by atoms with Crippen molar-refractivity contribution < 1.29 is 9.13 Å². The van der Waals surface area contributed by atoms with Crippen molar-refractivity contribution in [1.29, 1.82) is 0 Å². The van der Waals surface area contributed by atoms with Gasteiger partial charge < -0.3 is 9.72 Å². The fraction of sp³-hybridized carbons (Fsp3) is 0.286. The number of benzene rings is 1. The predicted octanol–water partition coefficient (Wildman–Crippen LogP) is 3.31. The third-order valence-electron chi connectivity index (χ3n) is 2.86. The molecule has 20 heavy (non-hydrogen) atoms. The second-order valence-corrected chi connectivity index (χ2v) is 5.70. The third-order valence-corrected chi connectivity index (χ3v) is 3.90. The summed E-state index contributed by atoms with van der Waals surface area (Å²) in [4.78, 5) is 19.0. The monoisotopic (exact) mass is 388 g/mol. The van der Waals surface area contributed by atoms with Gasteiger partial charge in [0.15, 0.2) is 11.6 Å². The molecule has 106 valence electrons. The Labute approximate surface area is 129 Å². The molecule has 0 saturated heterocycles. The van der Waals surface area contributed by atoms with E-state index >= 15 is 0 Å². The van der Waals surface area contributed by atoms with Gasteiger partial charge in [-0.25, -0.2) is 9.37 Å². The molecule has 2 rings (SSSR count). The minimum absolute atomic E-state index is 0.117. The van der Waals surface area contributed by atoms with Gasteiger partial charge in [0.1, 0.15) is 5.82 Å². The molecule has 0 aliphatic carbocycles. The van der Waals surface area contributed by atoms with E-state index in [0.717, 1.165) is 0 Å². The average Bonchev–Trinajstić information content (AvgIpc) is 2.41. The van der Waals surface area contributed by atoms with Gasteiger partial charge in [0.2, 0.25) is 0 Å². The smallest absolute Gasteiger partial charge is 0.264 e. The van der Waals surface area contributed by atoms with Crippen LogP contribution in [0.2, 0.25) is 0 Å². The minimum atomic E-state index is -0.489. The number of aromatic amines is 1. The number of nitrogens with one attached hydrogen (secondary N) is 1. The highest BCUT2D eigenvalue weighted by Gasteiger charge is 2.14. The molecule has 0 amide bonds. The van der Waals surface area contributed by atoms with Crippen molar-refractivity contribution in [3.63, 3.8) is 0 Å². The maximum atomic E-state index is 13.7. The first-order chi connectivity index (χ1) is 9.43. The second kappa shape index (κ2) is 5.90. The zero-order valence-corrected chi connectivity index (χ0v) is 13.5. The molecule has 0 atom stereocenters. The molecule has 1 N–H and O–H groups in total. The van der Waals surface area contributed by atoms with Crippen LogP contribution < -0.4 is 10.3 Å². The lowest BCUT2D eigenvalue weighted by Gasteiger charge is -2.10. The van der Waals surface area contributed by atoms with Crippen molar-refractivity contribution in [3.8, 4) is 17.1 Å². The maximum Gasteiger partial charge on any atom is 0.264 e. The lowest BCUT2D eigenvalue weighted by atomic mass is 10.1. The Bertz CT molecular complexity index is 698. The Balaban J connectivity index is 2.58. The van der Waals surface area contributed by atoms with Crippen LogP contribution in [0.1, 0.15) is 25.5 Å². The van der Waals surface area contributed by atoms with Crippen LogP contribution in [0.3, 0.4) is 0 Å². The first kappa shape index (κ1) is 15.0. The molecule has 1 heterocycles. The van der Waals surface area contributed by atoms with E-state index < -0.39 is 5.82 Å². The molecule has 0 fully saturated rings. The first-order valence-corrected chi connectivity index (χ1v) is 7.15. The molecule has 0 aliphatic rings. The van der Waals surface area contributed by atoms with Gasteiger partial charge in [0.05, 0.1) is 16.4 Å². The van der Waals surface area contributed by atoms with Crippen molar-refractivity contribution in [1.82, 2.24) is 9.97 Å². The van der Waals surface area contributed by atoms with Gasteiger partial charge in [-0.1, -0.05) is 13.8 Å². The topological polar surface area (TPSA) is 55.0 Å². The Morgan fingerprint density at radius 3 is 2.65 bits per heavy atom. The van der Waals surface area contributed by atoms with E-state index in [1.54, 1.807) is 6.07 Å². The molecule has 0 unspecified atom stereocenters. The molecular formula is C14H14FIN2O2. The van der Waals surface area contributed by atoms with E-state index in [0.29, 0.717) is 20.7 Å². The summed E-state index contributed by atoms with van der Waals surface area (Å²) < 4.78 is 19.2. The minimum Gasteiger partial charge on any atom is -0.494 e. The Morgan fingerprint density at radius 2 is 2.10 bits per heavy atom. The van der Waals surface area contributed by atoms with Gasteiger partial charge in [-0.15, -0.1) is 0 Å². The van der Waals surface area contributed by atoms with Crippen LogP contribution in [0.25, 0.3) is 11.4 Å². The first-order valence-electron chi connectivity index (χ1n) is 6.07. The zero-order valence-electron chi connectivity index (χ0n) is 11.3. The average molecular weight is 388 g/mol.